The molecule has 7 heteroatoms. The highest BCUT2D eigenvalue weighted by atomic mass is 16.7. The zero-order valence-electron chi connectivity index (χ0n) is 28.1. The van der Waals surface area contributed by atoms with Crippen LogP contribution in [0, 0.1) is 23.2 Å². The zero-order chi connectivity index (χ0) is 32.2. The standard InChI is InChI=1S/C39H49BN2O4/c1-24(2)20-35(40-45-34-23-28-22-33(38(28,3)4)39(34,5)46-40)42-37(44)32(21-27-16-10-14-25-12-6-8-17-29(25)27)41-36(43)31-19-11-15-26-13-7-9-18-30(26)31/h6,8,10-12,14-17,19,24,28,32-35H,7,9,13,18,20-23H2,1-5H3,(H,41,43)(H,42,44)/t28-,32-,33-,34+,35-,39-/m0/s1. The molecule has 3 aromatic rings. The summed E-state index contributed by atoms with van der Waals surface area (Å²) in [6.07, 6.45) is 7.43. The molecule has 46 heavy (non-hydrogen) atoms. The van der Waals surface area contributed by atoms with Crippen molar-refractivity contribution in [1.29, 1.82) is 0 Å². The van der Waals surface area contributed by atoms with Crippen LogP contribution in [0.4, 0.5) is 0 Å². The van der Waals surface area contributed by atoms with E-state index in [4.69, 9.17) is 9.31 Å². The molecule has 6 nitrogen and oxygen atoms in total. The van der Waals surface area contributed by atoms with Crippen LogP contribution < -0.4 is 10.6 Å². The third-order valence-electron chi connectivity index (χ3n) is 11.9. The van der Waals surface area contributed by atoms with Crippen LogP contribution in [0.15, 0.2) is 60.7 Å². The summed E-state index contributed by atoms with van der Waals surface area (Å²) in [6, 6.07) is 19.6. The van der Waals surface area contributed by atoms with Gasteiger partial charge in [-0.1, -0.05) is 82.3 Å². The van der Waals surface area contributed by atoms with Crippen LogP contribution in [0.25, 0.3) is 10.8 Å². The molecule has 3 saturated carbocycles. The Morgan fingerprint density at radius 2 is 1.70 bits per heavy atom. The lowest BCUT2D eigenvalue weighted by Crippen LogP contribution is -2.65. The van der Waals surface area contributed by atoms with E-state index in [2.05, 4.69) is 75.6 Å². The van der Waals surface area contributed by atoms with E-state index in [1.54, 1.807) is 0 Å². The average Bonchev–Trinajstić information content (AvgIpc) is 3.41. The molecule has 2 N–H and O–H groups in total. The van der Waals surface area contributed by atoms with E-state index in [0.29, 0.717) is 29.7 Å². The normalized spacial score (nSPS) is 27.3. The Labute approximate surface area is 274 Å². The van der Waals surface area contributed by atoms with Gasteiger partial charge in [0.2, 0.25) is 5.91 Å². The smallest absolute Gasteiger partial charge is 0.404 e. The van der Waals surface area contributed by atoms with Gasteiger partial charge in [-0.15, -0.1) is 0 Å². The number of carbonyl (C=O) groups is 2. The molecule has 8 rings (SSSR count). The van der Waals surface area contributed by atoms with Crippen LogP contribution in [-0.4, -0.2) is 42.6 Å². The Morgan fingerprint density at radius 3 is 2.50 bits per heavy atom. The first-order valence-corrected chi connectivity index (χ1v) is 17.6. The van der Waals surface area contributed by atoms with Crippen LogP contribution >= 0.6 is 0 Å². The molecule has 2 bridgehead atoms. The lowest BCUT2D eigenvalue weighted by Gasteiger charge is -2.64. The van der Waals surface area contributed by atoms with E-state index in [-0.39, 0.29) is 34.9 Å². The van der Waals surface area contributed by atoms with Crippen LogP contribution in [0.3, 0.4) is 0 Å². The maximum atomic E-state index is 14.4. The van der Waals surface area contributed by atoms with Crippen molar-refractivity contribution in [2.24, 2.45) is 23.2 Å². The molecule has 0 aromatic heterocycles. The summed E-state index contributed by atoms with van der Waals surface area (Å²) < 4.78 is 13.5. The fourth-order valence-electron chi connectivity index (χ4n) is 9.23. The third-order valence-corrected chi connectivity index (χ3v) is 11.9. The number of amides is 2. The second-order valence-electron chi connectivity index (χ2n) is 15.6. The summed E-state index contributed by atoms with van der Waals surface area (Å²) in [5, 5.41) is 8.75. The highest BCUT2D eigenvalue weighted by Crippen LogP contribution is 2.65. The molecule has 1 saturated heterocycles. The minimum atomic E-state index is -0.765. The summed E-state index contributed by atoms with van der Waals surface area (Å²) in [6.45, 7) is 11.3. The first kappa shape index (κ1) is 31.4. The van der Waals surface area contributed by atoms with Crippen LogP contribution in [0.5, 0.6) is 0 Å². The first-order valence-electron chi connectivity index (χ1n) is 17.6. The van der Waals surface area contributed by atoms with Crippen LogP contribution in [0.2, 0.25) is 0 Å². The molecule has 4 aliphatic carbocycles. The van der Waals surface area contributed by atoms with Gasteiger partial charge in [-0.05, 0) is 109 Å². The molecule has 3 aromatic carbocycles. The molecule has 4 fully saturated rings. The van der Waals surface area contributed by atoms with Gasteiger partial charge in [0.25, 0.3) is 5.91 Å². The Morgan fingerprint density at radius 1 is 0.935 bits per heavy atom. The van der Waals surface area contributed by atoms with Crippen molar-refractivity contribution in [3.63, 3.8) is 0 Å². The SMILES string of the molecule is CC(C)C[C@H](NC(=O)[C@H](Cc1cccc2ccccc12)NC(=O)c1cccc2c1CCCC2)B1O[C@@H]2C[C@@H]3C[C@@H](C3(C)C)[C@]2(C)O1. The van der Waals surface area contributed by atoms with Crippen molar-refractivity contribution >= 4 is 29.7 Å². The maximum absolute atomic E-state index is 14.4. The number of fused-ring (bicyclic) bond motifs is 2. The van der Waals surface area contributed by atoms with Crippen LogP contribution in [0.1, 0.15) is 93.8 Å². The Bertz CT molecular complexity index is 1630. The first-order chi connectivity index (χ1) is 22.0. The van der Waals surface area contributed by atoms with Gasteiger partial charge in [0, 0.05) is 12.0 Å². The minimum Gasteiger partial charge on any atom is -0.404 e. The summed E-state index contributed by atoms with van der Waals surface area (Å²) >= 11 is 0. The lowest BCUT2D eigenvalue weighted by molar-refractivity contribution is -0.199. The van der Waals surface area contributed by atoms with Crippen molar-refractivity contribution in [1.82, 2.24) is 10.6 Å². The topological polar surface area (TPSA) is 76.7 Å². The molecule has 1 aliphatic heterocycles. The largest absolute Gasteiger partial charge is 0.481 e. The number of rotatable bonds is 9. The van der Waals surface area contributed by atoms with E-state index in [9.17, 15) is 9.59 Å². The van der Waals surface area contributed by atoms with Gasteiger partial charge in [0.05, 0.1) is 17.6 Å². The quantitative estimate of drug-likeness (QED) is 0.257. The average molecular weight is 621 g/mol. The molecule has 6 atom stereocenters. The maximum Gasteiger partial charge on any atom is 0.481 e. The van der Waals surface area contributed by atoms with Gasteiger partial charge in [0.1, 0.15) is 6.04 Å². The van der Waals surface area contributed by atoms with Gasteiger partial charge in [-0.3, -0.25) is 9.59 Å². The minimum absolute atomic E-state index is 0.0382. The fraction of sp³-hybridized carbons (Fsp3) is 0.538. The van der Waals surface area contributed by atoms with Gasteiger partial charge >= 0.3 is 7.12 Å². The van der Waals surface area contributed by atoms with Crippen LogP contribution in [-0.2, 0) is 33.4 Å². The lowest BCUT2D eigenvalue weighted by atomic mass is 9.43. The molecule has 0 spiro atoms. The highest BCUT2D eigenvalue weighted by Gasteiger charge is 2.68. The van der Waals surface area contributed by atoms with E-state index in [1.165, 1.54) is 12.0 Å². The molecule has 1 heterocycles. The zero-order valence-corrected chi connectivity index (χ0v) is 28.1. The Balaban J connectivity index is 1.16. The van der Waals surface area contributed by atoms with E-state index >= 15 is 0 Å². The number of carbonyl (C=O) groups excluding carboxylic acids is 2. The highest BCUT2D eigenvalue weighted by molar-refractivity contribution is 6.48. The second kappa shape index (κ2) is 12.1. The molecular weight excluding hydrogens is 571 g/mol. The van der Waals surface area contributed by atoms with Crippen molar-refractivity contribution in [3.05, 3.63) is 82.9 Å². The molecular formula is C39H49BN2O4. The molecule has 5 aliphatic rings. The van der Waals surface area contributed by atoms with Crippen molar-refractivity contribution < 1.29 is 18.9 Å². The van der Waals surface area contributed by atoms with Gasteiger partial charge in [-0.25, -0.2) is 0 Å². The van der Waals surface area contributed by atoms with E-state index < -0.39 is 13.2 Å². The number of aryl methyl sites for hydroxylation is 1. The Kier molecular flexibility index (Phi) is 8.30. The summed E-state index contributed by atoms with van der Waals surface area (Å²) in [5.41, 5.74) is 3.97. The molecule has 2 amide bonds. The van der Waals surface area contributed by atoms with Crippen molar-refractivity contribution in [2.75, 3.05) is 0 Å². The molecule has 0 radical (unpaired) electrons. The summed E-state index contributed by atoms with van der Waals surface area (Å²) in [4.78, 5) is 28.4. The van der Waals surface area contributed by atoms with Crippen molar-refractivity contribution in [2.45, 2.75) is 110 Å². The van der Waals surface area contributed by atoms with E-state index in [1.807, 2.05) is 30.3 Å². The van der Waals surface area contributed by atoms with Crippen molar-refractivity contribution in [3.8, 4) is 0 Å². The predicted octanol–water partition coefficient (Wildman–Crippen LogP) is 6.86. The second-order valence-corrected chi connectivity index (χ2v) is 15.6. The van der Waals surface area contributed by atoms with Gasteiger partial charge in [-0.2, -0.15) is 0 Å². The van der Waals surface area contributed by atoms with E-state index in [0.717, 1.165) is 60.4 Å². The van der Waals surface area contributed by atoms with Gasteiger partial charge in [0.15, 0.2) is 0 Å². The monoisotopic (exact) mass is 620 g/mol. The predicted molar refractivity (Wildman–Crippen MR) is 183 cm³/mol. The number of nitrogens with one attached hydrogen (secondary N) is 2. The fourth-order valence-corrected chi connectivity index (χ4v) is 9.23. The Hall–Kier alpha value is -3.16. The number of hydrogen-bond donors (Lipinski definition) is 2. The summed E-state index contributed by atoms with van der Waals surface area (Å²) in [5.74, 6) is 0.702. The number of benzene rings is 3. The molecule has 0 unspecified atom stereocenters. The number of hydrogen-bond acceptors (Lipinski definition) is 4. The third kappa shape index (κ3) is 5.58. The van der Waals surface area contributed by atoms with Gasteiger partial charge < -0.3 is 19.9 Å². The molecule has 242 valence electrons. The summed E-state index contributed by atoms with van der Waals surface area (Å²) in [7, 11) is -0.522.